The van der Waals surface area contributed by atoms with Crippen molar-refractivity contribution in [3.05, 3.63) is 30.0 Å². The van der Waals surface area contributed by atoms with Crippen LogP contribution in [-0.2, 0) is 16.4 Å². The number of hydrogen-bond donors (Lipinski definition) is 1. The molecule has 0 unspecified atom stereocenters. The van der Waals surface area contributed by atoms with Crippen molar-refractivity contribution in [3.63, 3.8) is 0 Å². The predicted molar refractivity (Wildman–Crippen MR) is 70.0 cm³/mol. The summed E-state index contributed by atoms with van der Waals surface area (Å²) >= 11 is 0. The lowest BCUT2D eigenvalue weighted by Gasteiger charge is -2.07. The highest BCUT2D eigenvalue weighted by Gasteiger charge is 2.25. The van der Waals surface area contributed by atoms with Gasteiger partial charge in [0, 0.05) is 18.7 Å². The first kappa shape index (κ1) is 14.0. The Morgan fingerprint density at radius 1 is 1.47 bits per heavy atom. The Balaban J connectivity index is 2.74. The molecule has 0 amide bonds. The van der Waals surface area contributed by atoms with Crippen molar-refractivity contribution in [2.24, 2.45) is 0 Å². The SMILES string of the molecule is CCc1nc(S(=O)(=O)NC(C)C)c2c(F)cccn12. The van der Waals surface area contributed by atoms with Crippen LogP contribution in [0.25, 0.3) is 5.52 Å². The van der Waals surface area contributed by atoms with E-state index in [1.807, 2.05) is 6.92 Å². The van der Waals surface area contributed by atoms with Gasteiger partial charge in [-0.05, 0) is 26.0 Å². The van der Waals surface area contributed by atoms with E-state index in [4.69, 9.17) is 0 Å². The molecule has 0 aromatic carbocycles. The van der Waals surface area contributed by atoms with Gasteiger partial charge in [-0.2, -0.15) is 0 Å². The largest absolute Gasteiger partial charge is 0.300 e. The van der Waals surface area contributed by atoms with Crippen LogP contribution < -0.4 is 4.72 Å². The summed E-state index contributed by atoms with van der Waals surface area (Å²) in [4.78, 5) is 4.07. The molecule has 0 atom stereocenters. The van der Waals surface area contributed by atoms with E-state index in [2.05, 4.69) is 9.71 Å². The van der Waals surface area contributed by atoms with E-state index >= 15 is 0 Å². The number of fused-ring (bicyclic) bond motifs is 1. The molecule has 2 aromatic heterocycles. The van der Waals surface area contributed by atoms with E-state index in [0.717, 1.165) is 0 Å². The molecule has 0 saturated carbocycles. The minimum atomic E-state index is -3.82. The van der Waals surface area contributed by atoms with E-state index in [9.17, 15) is 12.8 Å². The van der Waals surface area contributed by atoms with Crippen LogP contribution in [-0.4, -0.2) is 23.8 Å². The third-order valence-corrected chi connectivity index (χ3v) is 4.19. The van der Waals surface area contributed by atoms with Crippen LogP contribution in [0.5, 0.6) is 0 Å². The fourth-order valence-corrected chi connectivity index (χ4v) is 3.34. The molecule has 2 rings (SSSR count). The van der Waals surface area contributed by atoms with Crippen LogP contribution in [0.2, 0.25) is 0 Å². The van der Waals surface area contributed by atoms with E-state index in [-0.39, 0.29) is 16.6 Å². The summed E-state index contributed by atoms with van der Waals surface area (Å²) in [5, 5.41) is -0.254. The quantitative estimate of drug-likeness (QED) is 0.930. The Bertz CT molecular complexity index is 707. The molecule has 2 aromatic rings. The van der Waals surface area contributed by atoms with Crippen LogP contribution in [0.1, 0.15) is 26.6 Å². The van der Waals surface area contributed by atoms with E-state index < -0.39 is 15.8 Å². The van der Waals surface area contributed by atoms with Crippen molar-refractivity contribution in [1.29, 1.82) is 0 Å². The number of aryl methyl sites for hydroxylation is 1. The highest BCUT2D eigenvalue weighted by molar-refractivity contribution is 7.89. The van der Waals surface area contributed by atoms with Gasteiger partial charge in [-0.1, -0.05) is 6.92 Å². The van der Waals surface area contributed by atoms with Gasteiger partial charge in [-0.25, -0.2) is 22.5 Å². The normalized spacial score (nSPS) is 12.5. The van der Waals surface area contributed by atoms with Crippen LogP contribution in [0.15, 0.2) is 23.4 Å². The first-order valence-electron chi connectivity index (χ1n) is 6.04. The molecule has 19 heavy (non-hydrogen) atoms. The Labute approximate surface area is 111 Å². The van der Waals surface area contributed by atoms with Crippen molar-refractivity contribution in [2.45, 2.75) is 38.3 Å². The van der Waals surface area contributed by atoms with Crippen LogP contribution in [0.4, 0.5) is 4.39 Å². The number of rotatable bonds is 4. The minimum Gasteiger partial charge on any atom is -0.300 e. The van der Waals surface area contributed by atoms with Gasteiger partial charge >= 0.3 is 0 Å². The second kappa shape index (κ2) is 4.90. The number of pyridine rings is 1. The summed E-state index contributed by atoms with van der Waals surface area (Å²) in [6.45, 7) is 5.24. The second-order valence-electron chi connectivity index (χ2n) is 4.54. The van der Waals surface area contributed by atoms with Crippen molar-refractivity contribution in [3.8, 4) is 0 Å². The molecule has 0 aliphatic carbocycles. The van der Waals surface area contributed by atoms with E-state index in [1.165, 1.54) is 16.5 Å². The number of halogens is 1. The molecular weight excluding hydrogens is 269 g/mol. The number of hydrogen-bond acceptors (Lipinski definition) is 3. The maximum absolute atomic E-state index is 13.9. The minimum absolute atomic E-state index is 0.00694. The first-order valence-corrected chi connectivity index (χ1v) is 7.53. The molecule has 7 heteroatoms. The van der Waals surface area contributed by atoms with Crippen molar-refractivity contribution in [1.82, 2.24) is 14.1 Å². The molecule has 2 heterocycles. The zero-order chi connectivity index (χ0) is 14.2. The van der Waals surface area contributed by atoms with E-state index in [1.54, 1.807) is 20.0 Å². The molecule has 0 radical (unpaired) electrons. The van der Waals surface area contributed by atoms with Gasteiger partial charge < -0.3 is 0 Å². The van der Waals surface area contributed by atoms with Gasteiger partial charge in [0.15, 0.2) is 5.03 Å². The summed E-state index contributed by atoms with van der Waals surface area (Å²) in [5.74, 6) is -0.0857. The number of aromatic nitrogens is 2. The molecule has 0 aliphatic heterocycles. The third-order valence-electron chi connectivity index (χ3n) is 2.62. The monoisotopic (exact) mass is 285 g/mol. The highest BCUT2D eigenvalue weighted by atomic mass is 32.2. The summed E-state index contributed by atoms with van der Waals surface area (Å²) < 4.78 is 42.2. The van der Waals surface area contributed by atoms with Crippen LogP contribution in [0, 0.1) is 5.82 Å². The molecule has 104 valence electrons. The Kier molecular flexibility index (Phi) is 3.60. The fourth-order valence-electron chi connectivity index (χ4n) is 1.93. The Hall–Kier alpha value is -1.47. The number of nitrogens with one attached hydrogen (secondary N) is 1. The summed E-state index contributed by atoms with van der Waals surface area (Å²) in [6, 6.07) is 2.47. The molecule has 0 bridgehead atoms. The number of sulfonamides is 1. The van der Waals surface area contributed by atoms with Gasteiger partial charge in [-0.15, -0.1) is 0 Å². The lowest BCUT2D eigenvalue weighted by atomic mass is 10.4. The Morgan fingerprint density at radius 3 is 2.74 bits per heavy atom. The lowest BCUT2D eigenvalue weighted by molar-refractivity contribution is 0.566. The summed E-state index contributed by atoms with van der Waals surface area (Å²) in [5.41, 5.74) is -0.00694. The van der Waals surface area contributed by atoms with Crippen LogP contribution >= 0.6 is 0 Å². The van der Waals surface area contributed by atoms with Crippen molar-refractivity contribution in [2.75, 3.05) is 0 Å². The average molecular weight is 285 g/mol. The lowest BCUT2D eigenvalue weighted by Crippen LogP contribution is -2.30. The van der Waals surface area contributed by atoms with Crippen molar-refractivity contribution < 1.29 is 12.8 Å². The first-order chi connectivity index (χ1) is 8.86. The summed E-state index contributed by atoms with van der Waals surface area (Å²) in [7, 11) is -3.82. The summed E-state index contributed by atoms with van der Waals surface area (Å²) in [6.07, 6.45) is 2.13. The molecule has 1 N–H and O–H groups in total. The molecule has 0 aliphatic rings. The molecule has 0 spiro atoms. The average Bonchev–Trinajstić information content (AvgIpc) is 2.68. The molecule has 0 saturated heterocycles. The highest BCUT2D eigenvalue weighted by Crippen LogP contribution is 2.21. The van der Waals surface area contributed by atoms with Gasteiger partial charge in [0.05, 0.1) is 0 Å². The zero-order valence-corrected chi connectivity index (χ0v) is 11.8. The molecular formula is C12H16FN3O2S. The molecule has 5 nitrogen and oxygen atoms in total. The van der Waals surface area contributed by atoms with Gasteiger partial charge in [0.25, 0.3) is 10.0 Å². The fraction of sp³-hybridized carbons (Fsp3) is 0.417. The van der Waals surface area contributed by atoms with Crippen molar-refractivity contribution >= 4 is 15.5 Å². The molecule has 0 fully saturated rings. The maximum Gasteiger partial charge on any atom is 0.260 e. The maximum atomic E-state index is 13.9. The Morgan fingerprint density at radius 2 is 2.16 bits per heavy atom. The number of nitrogens with zero attached hydrogens (tertiary/aromatic N) is 2. The predicted octanol–water partition coefficient (Wildman–Crippen LogP) is 1.72. The number of imidazole rings is 1. The van der Waals surface area contributed by atoms with Crippen LogP contribution in [0.3, 0.4) is 0 Å². The third kappa shape index (κ3) is 2.48. The van der Waals surface area contributed by atoms with Gasteiger partial charge in [0.1, 0.15) is 17.2 Å². The van der Waals surface area contributed by atoms with Gasteiger partial charge in [0.2, 0.25) is 0 Å². The second-order valence-corrected chi connectivity index (χ2v) is 6.17. The topological polar surface area (TPSA) is 63.5 Å². The van der Waals surface area contributed by atoms with E-state index in [0.29, 0.717) is 12.2 Å². The van der Waals surface area contributed by atoms with Gasteiger partial charge in [-0.3, -0.25) is 4.40 Å². The zero-order valence-electron chi connectivity index (χ0n) is 11.0. The standard InChI is InChI=1S/C12H16FN3O2S/c1-4-10-14-12(19(17,18)15-8(2)3)11-9(13)6-5-7-16(10)11/h5-8,15H,4H2,1-3H3. The smallest absolute Gasteiger partial charge is 0.260 e.